The Hall–Kier alpha value is -2.80. The molecule has 0 bridgehead atoms. The highest BCUT2D eigenvalue weighted by Crippen LogP contribution is 2.57. The van der Waals surface area contributed by atoms with Crippen molar-refractivity contribution in [3.8, 4) is 45.6 Å². The van der Waals surface area contributed by atoms with E-state index in [1.807, 2.05) is 6.92 Å². The van der Waals surface area contributed by atoms with E-state index < -0.39 is 6.10 Å². The standard InChI is InChI=1S/C23H30O7/c1-11-8-13-9-15(24)20(27-4)22(29-6)17(13)18-14(19(25)12(11)2)10-16(26-3)21(28-5)23(18)30-7/h9-12,19,24-25H,8H2,1-7H3. The molecule has 2 aromatic carbocycles. The minimum atomic E-state index is -0.777. The highest BCUT2D eigenvalue weighted by Gasteiger charge is 2.36. The number of ether oxygens (including phenoxy) is 5. The molecule has 30 heavy (non-hydrogen) atoms. The zero-order chi connectivity index (χ0) is 22.2. The van der Waals surface area contributed by atoms with Gasteiger partial charge >= 0.3 is 0 Å². The molecule has 0 spiro atoms. The van der Waals surface area contributed by atoms with E-state index in [4.69, 9.17) is 23.7 Å². The Bertz CT molecular complexity index is 938. The van der Waals surface area contributed by atoms with E-state index in [0.717, 1.165) is 5.56 Å². The summed E-state index contributed by atoms with van der Waals surface area (Å²) in [5.41, 5.74) is 2.82. The number of aromatic hydroxyl groups is 1. The first-order chi connectivity index (χ1) is 14.3. The van der Waals surface area contributed by atoms with Crippen molar-refractivity contribution >= 4 is 0 Å². The van der Waals surface area contributed by atoms with Gasteiger partial charge in [0.05, 0.1) is 41.7 Å². The summed E-state index contributed by atoms with van der Waals surface area (Å²) in [5, 5.41) is 21.9. The summed E-state index contributed by atoms with van der Waals surface area (Å²) in [6.45, 7) is 4.09. The lowest BCUT2D eigenvalue weighted by atomic mass is 9.76. The molecule has 0 fully saturated rings. The Morgan fingerprint density at radius 2 is 1.33 bits per heavy atom. The largest absolute Gasteiger partial charge is 0.504 e. The van der Waals surface area contributed by atoms with Crippen molar-refractivity contribution in [3.63, 3.8) is 0 Å². The van der Waals surface area contributed by atoms with E-state index in [-0.39, 0.29) is 23.3 Å². The van der Waals surface area contributed by atoms with Crippen molar-refractivity contribution in [1.29, 1.82) is 0 Å². The first-order valence-corrected chi connectivity index (χ1v) is 9.82. The Morgan fingerprint density at radius 3 is 1.87 bits per heavy atom. The number of methoxy groups -OCH3 is 5. The van der Waals surface area contributed by atoms with Gasteiger partial charge in [-0.15, -0.1) is 0 Å². The molecule has 0 aromatic heterocycles. The van der Waals surface area contributed by atoms with Crippen LogP contribution in [0.25, 0.3) is 11.1 Å². The molecule has 3 atom stereocenters. The summed E-state index contributed by atoms with van der Waals surface area (Å²) in [6.07, 6.45) is -0.153. The summed E-state index contributed by atoms with van der Waals surface area (Å²) in [4.78, 5) is 0. The summed E-state index contributed by atoms with van der Waals surface area (Å²) in [7, 11) is 7.61. The van der Waals surface area contributed by atoms with Crippen molar-refractivity contribution in [1.82, 2.24) is 0 Å². The first-order valence-electron chi connectivity index (χ1n) is 9.82. The van der Waals surface area contributed by atoms with Gasteiger partial charge < -0.3 is 33.9 Å². The van der Waals surface area contributed by atoms with Crippen LogP contribution in [0.15, 0.2) is 12.1 Å². The van der Waals surface area contributed by atoms with E-state index in [0.29, 0.717) is 46.1 Å². The fourth-order valence-electron chi connectivity index (χ4n) is 4.30. The zero-order valence-corrected chi connectivity index (χ0v) is 18.5. The van der Waals surface area contributed by atoms with Crippen molar-refractivity contribution in [3.05, 3.63) is 23.3 Å². The third-order valence-corrected chi connectivity index (χ3v) is 6.07. The van der Waals surface area contributed by atoms with E-state index in [1.54, 1.807) is 26.4 Å². The quantitative estimate of drug-likeness (QED) is 0.760. The van der Waals surface area contributed by atoms with Crippen LogP contribution in [-0.4, -0.2) is 45.8 Å². The number of aliphatic hydroxyl groups is 1. The minimum Gasteiger partial charge on any atom is -0.504 e. The van der Waals surface area contributed by atoms with Crippen LogP contribution in [0.3, 0.4) is 0 Å². The predicted molar refractivity (Wildman–Crippen MR) is 113 cm³/mol. The third kappa shape index (κ3) is 3.27. The molecule has 0 radical (unpaired) electrons. The number of aliphatic hydroxyl groups excluding tert-OH is 1. The topological polar surface area (TPSA) is 86.6 Å². The number of hydrogen-bond acceptors (Lipinski definition) is 7. The van der Waals surface area contributed by atoms with Crippen molar-refractivity contribution in [2.24, 2.45) is 11.8 Å². The van der Waals surface area contributed by atoms with Gasteiger partial charge in [0.2, 0.25) is 11.5 Å². The Kier molecular flexibility index (Phi) is 6.22. The van der Waals surface area contributed by atoms with Gasteiger partial charge in [-0.2, -0.15) is 0 Å². The fourth-order valence-corrected chi connectivity index (χ4v) is 4.30. The number of hydrogen-bond donors (Lipinski definition) is 2. The second-order valence-corrected chi connectivity index (χ2v) is 7.59. The van der Waals surface area contributed by atoms with E-state index >= 15 is 0 Å². The molecule has 0 aliphatic heterocycles. The van der Waals surface area contributed by atoms with E-state index in [1.165, 1.54) is 21.3 Å². The molecule has 7 heteroatoms. The summed E-state index contributed by atoms with van der Waals surface area (Å²) in [5.74, 6) is 1.93. The van der Waals surface area contributed by atoms with Gasteiger partial charge in [-0.1, -0.05) is 13.8 Å². The molecule has 2 N–H and O–H groups in total. The second kappa shape index (κ2) is 8.52. The molecule has 0 heterocycles. The van der Waals surface area contributed by atoms with Crippen molar-refractivity contribution < 1.29 is 33.9 Å². The molecule has 0 saturated heterocycles. The number of phenolic OH excluding ortho intramolecular Hbond substituents is 1. The van der Waals surface area contributed by atoms with Crippen LogP contribution >= 0.6 is 0 Å². The summed E-state index contributed by atoms with van der Waals surface area (Å²) >= 11 is 0. The van der Waals surface area contributed by atoms with Crippen LogP contribution in [0.2, 0.25) is 0 Å². The third-order valence-electron chi connectivity index (χ3n) is 6.07. The molecule has 0 amide bonds. The Morgan fingerprint density at radius 1 is 0.767 bits per heavy atom. The molecule has 3 rings (SSSR count). The highest BCUT2D eigenvalue weighted by molar-refractivity contribution is 5.88. The number of benzene rings is 2. The first kappa shape index (κ1) is 21.9. The molecule has 164 valence electrons. The van der Waals surface area contributed by atoms with Gasteiger partial charge in [-0.3, -0.25) is 0 Å². The second-order valence-electron chi connectivity index (χ2n) is 7.59. The lowest BCUT2D eigenvalue weighted by Gasteiger charge is -2.33. The lowest BCUT2D eigenvalue weighted by molar-refractivity contribution is 0.0862. The summed E-state index contributed by atoms with van der Waals surface area (Å²) in [6, 6.07) is 3.47. The number of phenols is 1. The van der Waals surface area contributed by atoms with Crippen molar-refractivity contribution in [2.45, 2.75) is 26.4 Å². The zero-order valence-electron chi connectivity index (χ0n) is 18.5. The number of rotatable bonds is 5. The van der Waals surface area contributed by atoms with Gasteiger partial charge in [0.15, 0.2) is 23.0 Å². The summed E-state index contributed by atoms with van der Waals surface area (Å²) < 4.78 is 28.0. The van der Waals surface area contributed by atoms with E-state index in [2.05, 4.69) is 6.92 Å². The van der Waals surface area contributed by atoms with Gasteiger partial charge in [-0.25, -0.2) is 0 Å². The smallest absolute Gasteiger partial charge is 0.203 e. The lowest BCUT2D eigenvalue weighted by Crippen LogP contribution is -2.23. The fraction of sp³-hybridized carbons (Fsp3) is 0.478. The maximum absolute atomic E-state index is 11.3. The average Bonchev–Trinajstić information content (AvgIpc) is 2.75. The monoisotopic (exact) mass is 418 g/mol. The predicted octanol–water partition coefficient (Wildman–Crippen LogP) is 3.96. The molecular formula is C23H30O7. The Labute approximate surface area is 177 Å². The molecule has 1 aliphatic carbocycles. The molecule has 7 nitrogen and oxygen atoms in total. The molecule has 1 aliphatic rings. The van der Waals surface area contributed by atoms with Gasteiger partial charge in [0.25, 0.3) is 0 Å². The van der Waals surface area contributed by atoms with Crippen molar-refractivity contribution in [2.75, 3.05) is 35.5 Å². The van der Waals surface area contributed by atoms with Crippen LogP contribution in [0.1, 0.15) is 31.1 Å². The maximum atomic E-state index is 11.3. The number of fused-ring (bicyclic) bond motifs is 3. The molecule has 0 saturated carbocycles. The maximum Gasteiger partial charge on any atom is 0.203 e. The van der Waals surface area contributed by atoms with Crippen LogP contribution in [0.4, 0.5) is 0 Å². The Balaban J connectivity index is 2.55. The molecule has 2 aromatic rings. The normalized spacial score (nSPS) is 20.3. The van der Waals surface area contributed by atoms with Gasteiger partial charge in [0, 0.05) is 11.1 Å². The van der Waals surface area contributed by atoms with Crippen LogP contribution in [-0.2, 0) is 6.42 Å². The van der Waals surface area contributed by atoms with E-state index in [9.17, 15) is 10.2 Å². The highest BCUT2D eigenvalue weighted by atomic mass is 16.5. The average molecular weight is 418 g/mol. The van der Waals surface area contributed by atoms with Gasteiger partial charge in [0.1, 0.15) is 0 Å². The van der Waals surface area contributed by atoms with Crippen LogP contribution in [0, 0.1) is 11.8 Å². The minimum absolute atomic E-state index is 0.00457. The SMILES string of the molecule is COc1cc2c(c(OC)c1OC)-c1c(cc(O)c(OC)c1OC)CC(C)C(C)C2O. The van der Waals surface area contributed by atoms with Gasteiger partial charge in [-0.05, 0) is 41.5 Å². The van der Waals surface area contributed by atoms with Crippen LogP contribution in [0.5, 0.6) is 34.5 Å². The van der Waals surface area contributed by atoms with Crippen LogP contribution < -0.4 is 23.7 Å². The molecular weight excluding hydrogens is 388 g/mol. The molecule has 3 unspecified atom stereocenters.